The maximum Gasteiger partial charge on any atom is 0.0185 e. The average molecular weight is 223 g/mol. The Kier molecular flexibility index (Phi) is 6.53. The van der Waals surface area contributed by atoms with Crippen LogP contribution in [0.2, 0.25) is 0 Å². The molecule has 84 valence electrons. The normalized spacial score (nSPS) is 12.7. The lowest BCUT2D eigenvalue weighted by Crippen LogP contribution is -2.27. The molecule has 1 nitrogen and oxygen atoms in total. The first-order valence-electron chi connectivity index (χ1n) is 5.68. The fourth-order valence-electron chi connectivity index (χ4n) is 1.29. The van der Waals surface area contributed by atoms with Gasteiger partial charge in [-0.05, 0) is 18.9 Å². The highest BCUT2D eigenvalue weighted by Crippen LogP contribution is 2.10. The molecular formula is C13H21NS. The zero-order valence-corrected chi connectivity index (χ0v) is 10.5. The van der Waals surface area contributed by atoms with Crippen LogP contribution in [0.15, 0.2) is 30.3 Å². The molecule has 0 saturated carbocycles. The topological polar surface area (TPSA) is 12.0 Å². The molecule has 0 spiro atoms. The van der Waals surface area contributed by atoms with Crippen LogP contribution in [0.1, 0.15) is 25.8 Å². The third-order valence-electron chi connectivity index (χ3n) is 2.46. The summed E-state index contributed by atoms with van der Waals surface area (Å²) in [5, 5.41) is 3.50. The second-order valence-electron chi connectivity index (χ2n) is 3.80. The molecule has 1 aromatic rings. The molecule has 0 heterocycles. The van der Waals surface area contributed by atoms with Crippen LogP contribution in [0.5, 0.6) is 0 Å². The van der Waals surface area contributed by atoms with Crippen LogP contribution >= 0.6 is 11.8 Å². The fourth-order valence-corrected chi connectivity index (χ4v) is 2.12. The third kappa shape index (κ3) is 5.85. The van der Waals surface area contributed by atoms with Gasteiger partial charge in [-0.1, -0.05) is 37.3 Å². The molecule has 0 aromatic heterocycles. The van der Waals surface area contributed by atoms with Gasteiger partial charge in [0, 0.05) is 24.1 Å². The van der Waals surface area contributed by atoms with Gasteiger partial charge in [0.05, 0.1) is 0 Å². The lowest BCUT2D eigenvalue weighted by Gasteiger charge is -2.10. The zero-order chi connectivity index (χ0) is 10.9. The van der Waals surface area contributed by atoms with Crippen LogP contribution in [0.4, 0.5) is 0 Å². The molecule has 1 unspecified atom stereocenters. The van der Waals surface area contributed by atoms with E-state index >= 15 is 0 Å². The highest BCUT2D eigenvalue weighted by molar-refractivity contribution is 7.98. The Hall–Kier alpha value is -0.470. The molecule has 1 rings (SSSR count). The Morgan fingerprint density at radius 1 is 1.27 bits per heavy atom. The SMILES string of the molecule is CCC(C)NCCSCc1ccccc1. The van der Waals surface area contributed by atoms with Crippen LogP contribution < -0.4 is 5.32 Å². The predicted molar refractivity (Wildman–Crippen MR) is 70.4 cm³/mol. The lowest BCUT2D eigenvalue weighted by molar-refractivity contribution is 0.555. The first-order valence-corrected chi connectivity index (χ1v) is 6.83. The first kappa shape index (κ1) is 12.6. The van der Waals surface area contributed by atoms with E-state index in [0.29, 0.717) is 6.04 Å². The maximum absolute atomic E-state index is 3.50. The molecule has 0 saturated heterocycles. The monoisotopic (exact) mass is 223 g/mol. The van der Waals surface area contributed by atoms with Gasteiger partial charge in [-0.25, -0.2) is 0 Å². The Labute approximate surface area is 97.7 Å². The number of hydrogen-bond acceptors (Lipinski definition) is 2. The minimum absolute atomic E-state index is 0.655. The molecule has 15 heavy (non-hydrogen) atoms. The van der Waals surface area contributed by atoms with Gasteiger partial charge < -0.3 is 5.32 Å². The molecule has 1 atom stereocenters. The van der Waals surface area contributed by atoms with Crippen LogP contribution in [0.3, 0.4) is 0 Å². The van der Waals surface area contributed by atoms with Crippen LogP contribution in [0, 0.1) is 0 Å². The minimum atomic E-state index is 0.655. The number of hydrogen-bond donors (Lipinski definition) is 1. The quantitative estimate of drug-likeness (QED) is 0.712. The summed E-state index contributed by atoms with van der Waals surface area (Å²) in [6.07, 6.45) is 1.21. The number of thioether (sulfide) groups is 1. The van der Waals surface area contributed by atoms with Crippen molar-refractivity contribution in [3.8, 4) is 0 Å². The van der Waals surface area contributed by atoms with E-state index in [0.717, 1.165) is 12.3 Å². The van der Waals surface area contributed by atoms with Gasteiger partial charge in [0.25, 0.3) is 0 Å². The number of nitrogens with one attached hydrogen (secondary N) is 1. The summed E-state index contributed by atoms with van der Waals surface area (Å²) in [6, 6.07) is 11.3. The molecule has 0 amide bonds. The van der Waals surface area contributed by atoms with Gasteiger partial charge in [0.2, 0.25) is 0 Å². The molecule has 1 N–H and O–H groups in total. The van der Waals surface area contributed by atoms with Crippen molar-refractivity contribution in [2.24, 2.45) is 0 Å². The van der Waals surface area contributed by atoms with Crippen LogP contribution in [0.25, 0.3) is 0 Å². The van der Waals surface area contributed by atoms with Crippen molar-refractivity contribution >= 4 is 11.8 Å². The molecule has 0 radical (unpaired) electrons. The highest BCUT2D eigenvalue weighted by Gasteiger charge is 1.96. The minimum Gasteiger partial charge on any atom is -0.313 e. The summed E-state index contributed by atoms with van der Waals surface area (Å²) in [4.78, 5) is 0. The van der Waals surface area contributed by atoms with Crippen molar-refractivity contribution in [3.63, 3.8) is 0 Å². The van der Waals surface area contributed by atoms with E-state index in [4.69, 9.17) is 0 Å². The second kappa shape index (κ2) is 7.77. The van der Waals surface area contributed by atoms with E-state index in [1.165, 1.54) is 17.7 Å². The first-order chi connectivity index (χ1) is 7.33. The summed E-state index contributed by atoms with van der Waals surface area (Å²) in [7, 11) is 0. The molecule has 0 aliphatic rings. The van der Waals surface area contributed by atoms with Crippen LogP contribution in [-0.2, 0) is 5.75 Å². The molecule has 0 bridgehead atoms. The van der Waals surface area contributed by atoms with Crippen LogP contribution in [-0.4, -0.2) is 18.3 Å². The second-order valence-corrected chi connectivity index (χ2v) is 4.91. The predicted octanol–water partition coefficient (Wildman–Crippen LogP) is 3.31. The lowest BCUT2D eigenvalue weighted by atomic mass is 10.2. The van der Waals surface area contributed by atoms with E-state index in [9.17, 15) is 0 Å². The van der Waals surface area contributed by atoms with Gasteiger partial charge in [-0.3, -0.25) is 0 Å². The molecular weight excluding hydrogens is 202 g/mol. The smallest absolute Gasteiger partial charge is 0.0185 e. The van der Waals surface area contributed by atoms with E-state index in [2.05, 4.69) is 49.5 Å². The van der Waals surface area contributed by atoms with Crippen molar-refractivity contribution in [1.82, 2.24) is 5.32 Å². The summed E-state index contributed by atoms with van der Waals surface area (Å²) >= 11 is 2.00. The molecule has 1 aromatic carbocycles. The van der Waals surface area contributed by atoms with Crippen molar-refractivity contribution in [1.29, 1.82) is 0 Å². The highest BCUT2D eigenvalue weighted by atomic mass is 32.2. The molecule has 2 heteroatoms. The van der Waals surface area contributed by atoms with Crippen molar-refractivity contribution in [2.75, 3.05) is 12.3 Å². The Balaban J connectivity index is 2.03. The van der Waals surface area contributed by atoms with E-state index in [1.807, 2.05) is 11.8 Å². The number of benzene rings is 1. The molecule has 0 aliphatic heterocycles. The standard InChI is InChI=1S/C13H21NS/c1-3-12(2)14-9-10-15-11-13-7-5-4-6-8-13/h4-8,12,14H,3,9-11H2,1-2H3. The summed E-state index contributed by atoms with van der Waals surface area (Å²) in [5.41, 5.74) is 1.42. The number of rotatable bonds is 7. The van der Waals surface area contributed by atoms with Gasteiger partial charge in [-0.2, -0.15) is 11.8 Å². The largest absolute Gasteiger partial charge is 0.313 e. The molecule has 0 fully saturated rings. The Morgan fingerprint density at radius 3 is 2.67 bits per heavy atom. The third-order valence-corrected chi connectivity index (χ3v) is 3.49. The van der Waals surface area contributed by atoms with E-state index in [-0.39, 0.29) is 0 Å². The van der Waals surface area contributed by atoms with Crippen molar-refractivity contribution in [2.45, 2.75) is 32.1 Å². The summed E-state index contributed by atoms with van der Waals surface area (Å²) < 4.78 is 0. The van der Waals surface area contributed by atoms with Gasteiger partial charge in [0.15, 0.2) is 0 Å². The van der Waals surface area contributed by atoms with Gasteiger partial charge >= 0.3 is 0 Å². The molecule has 0 aliphatic carbocycles. The van der Waals surface area contributed by atoms with E-state index in [1.54, 1.807) is 0 Å². The zero-order valence-electron chi connectivity index (χ0n) is 9.70. The van der Waals surface area contributed by atoms with Gasteiger partial charge in [-0.15, -0.1) is 0 Å². The van der Waals surface area contributed by atoms with Crippen molar-refractivity contribution < 1.29 is 0 Å². The maximum atomic E-state index is 3.50. The Bertz CT molecular complexity index is 248. The van der Waals surface area contributed by atoms with E-state index < -0.39 is 0 Å². The van der Waals surface area contributed by atoms with Gasteiger partial charge in [0.1, 0.15) is 0 Å². The Morgan fingerprint density at radius 2 is 2.00 bits per heavy atom. The summed E-state index contributed by atoms with van der Waals surface area (Å²) in [5.74, 6) is 2.32. The fraction of sp³-hybridized carbons (Fsp3) is 0.538. The van der Waals surface area contributed by atoms with Crippen molar-refractivity contribution in [3.05, 3.63) is 35.9 Å². The average Bonchev–Trinajstić information content (AvgIpc) is 2.29. The summed E-state index contributed by atoms with van der Waals surface area (Å²) in [6.45, 7) is 5.57.